The van der Waals surface area contributed by atoms with Gasteiger partial charge in [0.1, 0.15) is 0 Å². The summed E-state index contributed by atoms with van der Waals surface area (Å²) in [4.78, 5) is 15.8. The topological polar surface area (TPSA) is 30.0 Å². The van der Waals surface area contributed by atoms with Crippen molar-refractivity contribution in [3.63, 3.8) is 0 Å². The fourth-order valence-corrected chi connectivity index (χ4v) is 2.81. The predicted molar refractivity (Wildman–Crippen MR) is 94.3 cm³/mol. The van der Waals surface area contributed by atoms with Gasteiger partial charge in [-0.25, -0.2) is 0 Å². The summed E-state index contributed by atoms with van der Waals surface area (Å²) in [6.07, 6.45) is 20.0. The molecule has 0 spiro atoms. The molecule has 1 aromatic rings. The molecule has 1 aromatic heterocycles. The van der Waals surface area contributed by atoms with Crippen molar-refractivity contribution in [2.75, 3.05) is 0 Å². The molecule has 1 heterocycles. The van der Waals surface area contributed by atoms with Gasteiger partial charge in [-0.2, -0.15) is 0 Å². The van der Waals surface area contributed by atoms with Crippen LogP contribution in [0.15, 0.2) is 24.5 Å². The molecule has 0 aromatic carbocycles. The smallest absolute Gasteiger partial charge is 0.162 e. The van der Waals surface area contributed by atoms with Crippen LogP contribution in [0.25, 0.3) is 0 Å². The van der Waals surface area contributed by atoms with E-state index in [2.05, 4.69) is 11.9 Å². The molecule has 2 nitrogen and oxygen atoms in total. The average Bonchev–Trinajstić information content (AvgIpc) is 2.56. The number of Topliss-reactive ketones (excluding diaryl/α,β-unsaturated/α-hetero) is 1. The Balaban J connectivity index is 1.85. The third-order valence-electron chi connectivity index (χ3n) is 4.26. The van der Waals surface area contributed by atoms with E-state index in [1.807, 2.05) is 12.1 Å². The standard InChI is InChI=1S/C20H33NO/c1-2-3-4-5-6-7-8-9-10-11-12-13-14-20(22)19-15-17-21-18-16-19/h15-18H,2-14H2,1H3. The van der Waals surface area contributed by atoms with Crippen molar-refractivity contribution in [2.24, 2.45) is 0 Å². The second kappa shape index (κ2) is 13.5. The lowest BCUT2D eigenvalue weighted by Crippen LogP contribution is -1.98. The van der Waals surface area contributed by atoms with Crippen molar-refractivity contribution in [2.45, 2.75) is 90.4 Å². The number of unbranched alkanes of at least 4 members (excludes halogenated alkanes) is 11. The average molecular weight is 303 g/mol. The van der Waals surface area contributed by atoms with Crippen LogP contribution in [0.1, 0.15) is 101 Å². The van der Waals surface area contributed by atoms with Crippen LogP contribution in [0, 0.1) is 0 Å². The SMILES string of the molecule is CCCCCCCCCCCCCCC(=O)c1ccncc1. The van der Waals surface area contributed by atoms with E-state index < -0.39 is 0 Å². The summed E-state index contributed by atoms with van der Waals surface area (Å²) < 4.78 is 0. The molecule has 0 saturated carbocycles. The Morgan fingerprint density at radius 2 is 1.23 bits per heavy atom. The maximum absolute atomic E-state index is 11.9. The Morgan fingerprint density at radius 1 is 0.773 bits per heavy atom. The molecule has 0 bridgehead atoms. The number of rotatable bonds is 14. The Labute approximate surface area is 136 Å². The zero-order valence-corrected chi connectivity index (χ0v) is 14.4. The summed E-state index contributed by atoms with van der Waals surface area (Å²) in [6, 6.07) is 3.62. The number of nitrogens with zero attached hydrogens (tertiary/aromatic N) is 1. The van der Waals surface area contributed by atoms with E-state index in [0.717, 1.165) is 12.0 Å². The third-order valence-corrected chi connectivity index (χ3v) is 4.26. The second-order valence-corrected chi connectivity index (χ2v) is 6.30. The van der Waals surface area contributed by atoms with Crippen LogP contribution in [-0.2, 0) is 0 Å². The summed E-state index contributed by atoms with van der Waals surface area (Å²) in [7, 11) is 0. The predicted octanol–water partition coefficient (Wildman–Crippen LogP) is 6.36. The van der Waals surface area contributed by atoms with E-state index in [0.29, 0.717) is 6.42 Å². The highest BCUT2D eigenvalue weighted by Gasteiger charge is 2.04. The Hall–Kier alpha value is -1.18. The summed E-state index contributed by atoms with van der Waals surface area (Å²) in [6.45, 7) is 2.27. The molecule has 0 aliphatic heterocycles. The number of pyridine rings is 1. The lowest BCUT2D eigenvalue weighted by atomic mass is 10.0. The summed E-state index contributed by atoms with van der Waals surface area (Å²) >= 11 is 0. The highest BCUT2D eigenvalue weighted by molar-refractivity contribution is 5.95. The molecule has 22 heavy (non-hydrogen) atoms. The summed E-state index contributed by atoms with van der Waals surface area (Å²) in [5.74, 6) is 0.259. The van der Waals surface area contributed by atoms with E-state index in [9.17, 15) is 4.79 Å². The highest BCUT2D eigenvalue weighted by Crippen LogP contribution is 2.13. The van der Waals surface area contributed by atoms with E-state index in [1.54, 1.807) is 12.4 Å². The number of hydrogen-bond acceptors (Lipinski definition) is 2. The Kier molecular flexibility index (Phi) is 11.6. The van der Waals surface area contributed by atoms with Gasteiger partial charge in [-0.1, -0.05) is 77.6 Å². The van der Waals surface area contributed by atoms with Gasteiger partial charge < -0.3 is 0 Å². The van der Waals surface area contributed by atoms with Crippen LogP contribution >= 0.6 is 0 Å². The molecule has 0 fully saturated rings. The van der Waals surface area contributed by atoms with Gasteiger partial charge >= 0.3 is 0 Å². The molecule has 0 aliphatic rings. The Bertz CT molecular complexity index is 375. The molecule has 0 radical (unpaired) electrons. The van der Waals surface area contributed by atoms with Gasteiger partial charge in [0.15, 0.2) is 5.78 Å². The van der Waals surface area contributed by atoms with Crippen LogP contribution in [0.5, 0.6) is 0 Å². The molecule has 0 atom stereocenters. The number of carbonyl (C=O) groups is 1. The van der Waals surface area contributed by atoms with Gasteiger partial charge in [-0.15, -0.1) is 0 Å². The number of aromatic nitrogens is 1. The number of hydrogen-bond donors (Lipinski definition) is 0. The molecule has 0 aliphatic carbocycles. The fourth-order valence-electron chi connectivity index (χ4n) is 2.81. The van der Waals surface area contributed by atoms with Crippen molar-refractivity contribution in [1.29, 1.82) is 0 Å². The molecule has 0 N–H and O–H groups in total. The summed E-state index contributed by atoms with van der Waals surface area (Å²) in [5.41, 5.74) is 0.804. The minimum absolute atomic E-state index is 0.259. The van der Waals surface area contributed by atoms with Crippen molar-refractivity contribution in [3.05, 3.63) is 30.1 Å². The first-order valence-electron chi connectivity index (χ1n) is 9.28. The third kappa shape index (κ3) is 9.70. The molecule has 0 unspecified atom stereocenters. The zero-order valence-electron chi connectivity index (χ0n) is 14.4. The molecule has 1 rings (SSSR count). The van der Waals surface area contributed by atoms with Crippen molar-refractivity contribution in [1.82, 2.24) is 4.98 Å². The molecule has 0 saturated heterocycles. The van der Waals surface area contributed by atoms with E-state index in [-0.39, 0.29) is 5.78 Å². The van der Waals surface area contributed by atoms with Gasteiger partial charge in [-0.3, -0.25) is 9.78 Å². The van der Waals surface area contributed by atoms with Crippen LogP contribution < -0.4 is 0 Å². The van der Waals surface area contributed by atoms with Gasteiger partial charge in [0.2, 0.25) is 0 Å². The molecular weight excluding hydrogens is 270 g/mol. The largest absolute Gasteiger partial charge is 0.294 e. The quantitative estimate of drug-likeness (QED) is 0.296. The normalized spacial score (nSPS) is 10.8. The van der Waals surface area contributed by atoms with Crippen molar-refractivity contribution >= 4 is 5.78 Å². The van der Waals surface area contributed by atoms with Crippen LogP contribution in [0.2, 0.25) is 0 Å². The lowest BCUT2D eigenvalue weighted by molar-refractivity contribution is 0.0979. The minimum atomic E-state index is 0.259. The molecular formula is C20H33NO. The van der Waals surface area contributed by atoms with Crippen molar-refractivity contribution in [3.8, 4) is 0 Å². The molecule has 124 valence electrons. The first kappa shape index (κ1) is 18.9. The zero-order chi connectivity index (χ0) is 15.9. The summed E-state index contributed by atoms with van der Waals surface area (Å²) in [5, 5.41) is 0. The van der Waals surface area contributed by atoms with Gasteiger partial charge in [0, 0.05) is 24.4 Å². The molecule has 2 heteroatoms. The van der Waals surface area contributed by atoms with E-state index >= 15 is 0 Å². The maximum Gasteiger partial charge on any atom is 0.162 e. The van der Waals surface area contributed by atoms with Crippen LogP contribution in [-0.4, -0.2) is 10.8 Å². The second-order valence-electron chi connectivity index (χ2n) is 6.30. The first-order chi connectivity index (χ1) is 10.8. The van der Waals surface area contributed by atoms with Gasteiger partial charge in [0.25, 0.3) is 0 Å². The monoisotopic (exact) mass is 303 g/mol. The van der Waals surface area contributed by atoms with E-state index in [1.165, 1.54) is 70.6 Å². The lowest BCUT2D eigenvalue weighted by Gasteiger charge is -2.03. The van der Waals surface area contributed by atoms with Gasteiger partial charge in [-0.05, 0) is 18.6 Å². The maximum atomic E-state index is 11.9. The number of carbonyl (C=O) groups excluding carboxylic acids is 1. The number of ketones is 1. The molecule has 0 amide bonds. The van der Waals surface area contributed by atoms with Crippen LogP contribution in [0.4, 0.5) is 0 Å². The van der Waals surface area contributed by atoms with Crippen molar-refractivity contribution < 1.29 is 4.79 Å². The van der Waals surface area contributed by atoms with Gasteiger partial charge in [0.05, 0.1) is 0 Å². The fraction of sp³-hybridized carbons (Fsp3) is 0.700. The first-order valence-corrected chi connectivity index (χ1v) is 9.28. The minimum Gasteiger partial charge on any atom is -0.294 e. The van der Waals surface area contributed by atoms with E-state index in [4.69, 9.17) is 0 Å². The highest BCUT2D eigenvalue weighted by atomic mass is 16.1. The Morgan fingerprint density at radius 3 is 1.73 bits per heavy atom. The van der Waals surface area contributed by atoms with Crippen LogP contribution in [0.3, 0.4) is 0 Å².